The molecular weight excluding hydrogens is 442 g/mol. The molecule has 0 bridgehead atoms. The molecule has 0 saturated carbocycles. The van der Waals surface area contributed by atoms with Crippen LogP contribution < -0.4 is 16.0 Å². The lowest BCUT2D eigenvalue weighted by Gasteiger charge is -2.28. The molecule has 178 valence electrons. The molecule has 2 aromatic heterocycles. The van der Waals surface area contributed by atoms with Gasteiger partial charge in [-0.1, -0.05) is 6.58 Å². The van der Waals surface area contributed by atoms with Crippen molar-refractivity contribution in [3.63, 3.8) is 0 Å². The second-order valence-corrected chi connectivity index (χ2v) is 8.22. The van der Waals surface area contributed by atoms with Gasteiger partial charge in [0.25, 0.3) is 0 Å². The number of nitrogens with zero attached hydrogens (tertiary/aromatic N) is 5. The number of carbonyl (C=O) groups is 1. The molecule has 0 unspecified atom stereocenters. The maximum Gasteiger partial charge on any atom is 0.247 e. The molecule has 1 fully saturated rings. The van der Waals surface area contributed by atoms with E-state index in [1.54, 1.807) is 19.3 Å². The molecule has 0 atom stereocenters. The number of nitrogens with one attached hydrogen (secondary N) is 3. The van der Waals surface area contributed by atoms with Crippen LogP contribution in [0.5, 0.6) is 0 Å². The number of hydrogen-bond acceptors (Lipinski definition) is 7. The molecule has 3 heterocycles. The van der Waals surface area contributed by atoms with Crippen LogP contribution >= 0.6 is 0 Å². The topological polar surface area (TPSA) is 100 Å². The molecule has 1 aromatic carbocycles. The Labute approximate surface area is 195 Å². The van der Waals surface area contributed by atoms with Crippen LogP contribution in [-0.4, -0.2) is 50.7 Å². The fourth-order valence-corrected chi connectivity index (χ4v) is 3.67. The molecule has 4 rings (SSSR count). The number of rotatable bonds is 7. The van der Waals surface area contributed by atoms with E-state index >= 15 is 0 Å². The van der Waals surface area contributed by atoms with E-state index in [0.29, 0.717) is 29.4 Å². The Kier molecular flexibility index (Phi) is 6.82. The van der Waals surface area contributed by atoms with E-state index in [9.17, 15) is 13.6 Å². The second-order valence-electron chi connectivity index (χ2n) is 8.22. The maximum atomic E-state index is 14.4. The van der Waals surface area contributed by atoms with Crippen molar-refractivity contribution < 1.29 is 13.6 Å². The zero-order valence-electron chi connectivity index (χ0n) is 19.0. The van der Waals surface area contributed by atoms with E-state index in [0.717, 1.165) is 43.8 Å². The number of anilines is 5. The second kappa shape index (κ2) is 9.96. The van der Waals surface area contributed by atoms with Gasteiger partial charge in [-0.3, -0.25) is 9.48 Å². The van der Waals surface area contributed by atoms with Crippen molar-refractivity contribution in [3.05, 3.63) is 60.6 Å². The third-order valence-corrected chi connectivity index (χ3v) is 5.64. The van der Waals surface area contributed by atoms with Crippen LogP contribution in [0.25, 0.3) is 0 Å². The molecule has 1 amide bonds. The van der Waals surface area contributed by atoms with Gasteiger partial charge in [0.2, 0.25) is 11.9 Å². The van der Waals surface area contributed by atoms with Crippen LogP contribution in [0.1, 0.15) is 24.4 Å². The highest BCUT2D eigenvalue weighted by molar-refractivity contribution is 5.99. The Morgan fingerprint density at radius 3 is 2.62 bits per heavy atom. The number of halogens is 2. The number of benzene rings is 1. The number of likely N-dealkylation sites (tertiary alicyclic amines) is 1. The lowest BCUT2D eigenvalue weighted by atomic mass is 10.1. The summed E-state index contributed by atoms with van der Waals surface area (Å²) in [5.41, 5.74) is 1.15. The van der Waals surface area contributed by atoms with Gasteiger partial charge < -0.3 is 20.9 Å². The third kappa shape index (κ3) is 5.37. The monoisotopic (exact) mass is 468 g/mol. The fourth-order valence-electron chi connectivity index (χ4n) is 3.67. The third-order valence-electron chi connectivity index (χ3n) is 5.64. The molecule has 3 N–H and O–H groups in total. The summed E-state index contributed by atoms with van der Waals surface area (Å²) < 4.78 is 30.4. The summed E-state index contributed by atoms with van der Waals surface area (Å²) in [6.45, 7) is 7.14. The summed E-state index contributed by atoms with van der Waals surface area (Å²) >= 11 is 0. The summed E-state index contributed by atoms with van der Waals surface area (Å²) in [4.78, 5) is 22.5. The largest absolute Gasteiger partial charge is 0.337 e. The Balaban J connectivity index is 1.50. The van der Waals surface area contributed by atoms with Crippen molar-refractivity contribution in [2.45, 2.75) is 25.8 Å². The SMILES string of the molecule is C=CC(=O)Nc1cc(Nc2nc(Nc3cnn(C4CCN(C)CC4)c3)ncc2C)c(F)cc1F. The van der Waals surface area contributed by atoms with Crippen LogP contribution in [0, 0.1) is 18.6 Å². The molecule has 9 nitrogen and oxygen atoms in total. The minimum atomic E-state index is -0.901. The number of amides is 1. The van der Waals surface area contributed by atoms with Crippen molar-refractivity contribution in [3.8, 4) is 0 Å². The number of aryl methyl sites for hydroxylation is 1. The van der Waals surface area contributed by atoms with Crippen LogP contribution in [0.2, 0.25) is 0 Å². The number of aromatic nitrogens is 4. The highest BCUT2D eigenvalue weighted by Gasteiger charge is 2.19. The fraction of sp³-hybridized carbons (Fsp3) is 0.304. The van der Waals surface area contributed by atoms with Crippen molar-refractivity contribution in [2.75, 3.05) is 36.1 Å². The Morgan fingerprint density at radius 2 is 1.88 bits per heavy atom. The van der Waals surface area contributed by atoms with Gasteiger partial charge in [-0.2, -0.15) is 10.1 Å². The van der Waals surface area contributed by atoms with E-state index in [1.165, 1.54) is 0 Å². The molecule has 1 saturated heterocycles. The number of hydrogen-bond donors (Lipinski definition) is 3. The Bertz CT molecular complexity index is 1200. The summed E-state index contributed by atoms with van der Waals surface area (Å²) in [7, 11) is 2.11. The standard InChI is InChI=1S/C23H26F2N8O/c1-4-21(34)29-19-10-20(18(25)9-17(19)24)30-22-14(2)11-26-23(31-22)28-15-12-27-33(13-15)16-5-7-32(3)8-6-16/h4,9-13,16H,1,5-8H2,2-3H3,(H,29,34)(H2,26,28,30,31). The van der Waals surface area contributed by atoms with E-state index in [-0.39, 0.29) is 11.4 Å². The Morgan fingerprint density at radius 1 is 1.15 bits per heavy atom. The van der Waals surface area contributed by atoms with Gasteiger partial charge in [0.15, 0.2) is 0 Å². The summed E-state index contributed by atoms with van der Waals surface area (Å²) in [6, 6.07) is 2.20. The molecule has 0 spiro atoms. The van der Waals surface area contributed by atoms with Crippen LogP contribution in [0.3, 0.4) is 0 Å². The van der Waals surface area contributed by atoms with Gasteiger partial charge in [0.1, 0.15) is 17.5 Å². The predicted octanol–water partition coefficient (Wildman–Crippen LogP) is 4.14. The number of carbonyl (C=O) groups excluding carboxylic acids is 1. The van der Waals surface area contributed by atoms with E-state index in [2.05, 4.69) is 49.5 Å². The van der Waals surface area contributed by atoms with Crippen LogP contribution in [-0.2, 0) is 4.79 Å². The van der Waals surface area contributed by atoms with Crippen molar-refractivity contribution >= 4 is 34.7 Å². The van der Waals surface area contributed by atoms with Crippen molar-refractivity contribution in [1.82, 2.24) is 24.6 Å². The quantitative estimate of drug-likeness (QED) is 0.448. The van der Waals surface area contributed by atoms with Gasteiger partial charge in [-0.25, -0.2) is 13.8 Å². The first kappa shape index (κ1) is 23.3. The van der Waals surface area contributed by atoms with Crippen molar-refractivity contribution in [1.29, 1.82) is 0 Å². The van der Waals surface area contributed by atoms with E-state index in [4.69, 9.17) is 0 Å². The highest BCUT2D eigenvalue weighted by atomic mass is 19.1. The smallest absolute Gasteiger partial charge is 0.247 e. The Hall–Kier alpha value is -3.86. The minimum absolute atomic E-state index is 0.0522. The molecule has 3 aromatic rings. The van der Waals surface area contributed by atoms with E-state index < -0.39 is 17.5 Å². The molecule has 1 aliphatic heterocycles. The average Bonchev–Trinajstić information content (AvgIpc) is 3.28. The first-order valence-electron chi connectivity index (χ1n) is 10.8. The predicted molar refractivity (Wildman–Crippen MR) is 127 cm³/mol. The summed E-state index contributed by atoms with van der Waals surface area (Å²) in [5.74, 6) is -1.73. The minimum Gasteiger partial charge on any atom is -0.337 e. The first-order valence-corrected chi connectivity index (χ1v) is 10.8. The van der Waals surface area contributed by atoms with Gasteiger partial charge in [0, 0.05) is 24.0 Å². The molecule has 0 aliphatic carbocycles. The van der Waals surface area contributed by atoms with E-state index in [1.807, 2.05) is 10.9 Å². The van der Waals surface area contributed by atoms with Gasteiger partial charge in [0.05, 0.1) is 29.3 Å². The number of piperidine rings is 1. The van der Waals surface area contributed by atoms with Crippen LogP contribution in [0.4, 0.5) is 37.6 Å². The zero-order chi connectivity index (χ0) is 24.2. The van der Waals surface area contributed by atoms with Gasteiger partial charge >= 0.3 is 0 Å². The molecule has 0 radical (unpaired) electrons. The lowest BCUT2D eigenvalue weighted by Crippen LogP contribution is -2.31. The molecule has 1 aliphatic rings. The van der Waals surface area contributed by atoms with Crippen LogP contribution in [0.15, 0.2) is 43.4 Å². The summed E-state index contributed by atoms with van der Waals surface area (Å²) in [6.07, 6.45) is 8.28. The van der Waals surface area contributed by atoms with Crippen molar-refractivity contribution in [2.24, 2.45) is 0 Å². The van der Waals surface area contributed by atoms with Gasteiger partial charge in [-0.15, -0.1) is 0 Å². The lowest BCUT2D eigenvalue weighted by molar-refractivity contribution is -0.111. The molecule has 11 heteroatoms. The average molecular weight is 469 g/mol. The molecule has 34 heavy (non-hydrogen) atoms. The zero-order valence-corrected chi connectivity index (χ0v) is 19.0. The highest BCUT2D eigenvalue weighted by Crippen LogP contribution is 2.28. The normalized spacial score (nSPS) is 14.6. The summed E-state index contributed by atoms with van der Waals surface area (Å²) in [5, 5.41) is 12.7. The molecular formula is C23H26F2N8O. The van der Waals surface area contributed by atoms with Gasteiger partial charge in [-0.05, 0) is 52.0 Å². The maximum absolute atomic E-state index is 14.4. The first-order chi connectivity index (χ1) is 16.3.